The summed E-state index contributed by atoms with van der Waals surface area (Å²) in [5.74, 6) is 0. The summed E-state index contributed by atoms with van der Waals surface area (Å²) in [4.78, 5) is 12.3. The molecular formula is C23H30N4Si. The van der Waals surface area contributed by atoms with Crippen LogP contribution in [0, 0.1) is 0 Å². The number of hydrogen-bond acceptors (Lipinski definition) is 2. The summed E-state index contributed by atoms with van der Waals surface area (Å²) in [5.41, 5.74) is 6.35. The van der Waals surface area contributed by atoms with Gasteiger partial charge in [0, 0.05) is 34.2 Å². The number of benzene rings is 1. The maximum Gasteiger partial charge on any atom is 0.169 e. The van der Waals surface area contributed by atoms with E-state index in [9.17, 15) is 0 Å². The number of rotatable bonds is 5. The molecule has 28 heavy (non-hydrogen) atoms. The number of aromatic nitrogens is 4. The topological polar surface area (TPSA) is 46.5 Å². The molecule has 0 radical (unpaired) electrons. The van der Waals surface area contributed by atoms with Crippen molar-refractivity contribution in [2.45, 2.75) is 58.2 Å². The molecule has 4 aromatic rings. The third-order valence-corrected chi connectivity index (χ3v) is 13.3. The highest BCUT2D eigenvalue weighted by Crippen LogP contribution is 2.46. The van der Waals surface area contributed by atoms with Crippen molar-refractivity contribution in [3.05, 3.63) is 49.1 Å². The Morgan fingerprint density at radius 1 is 0.857 bits per heavy atom. The van der Waals surface area contributed by atoms with Crippen molar-refractivity contribution < 1.29 is 0 Å². The Kier molecular flexibility index (Phi) is 4.66. The number of nitrogens with zero attached hydrogens (tertiary/aromatic N) is 3. The summed E-state index contributed by atoms with van der Waals surface area (Å²) >= 11 is 0. The molecule has 1 N–H and O–H groups in total. The van der Waals surface area contributed by atoms with Crippen LogP contribution in [0.3, 0.4) is 0 Å². The molecule has 146 valence electrons. The number of aromatic amines is 1. The standard InChI is InChI=1S/C23H30N4Si/c1-15(2)28(16(3)4,17(5)6)27-13-20(18-9-7-8-10-21(18)27)22-19-11-12-24-23(19)26-14-25-22/h7-17H,1-6H3,(H,24,25,26). The van der Waals surface area contributed by atoms with Gasteiger partial charge in [-0.25, -0.2) is 9.97 Å². The first-order valence-electron chi connectivity index (χ1n) is 10.3. The summed E-state index contributed by atoms with van der Waals surface area (Å²) in [7, 11) is -1.87. The van der Waals surface area contributed by atoms with Gasteiger partial charge in [0.1, 0.15) is 12.0 Å². The van der Waals surface area contributed by atoms with Crippen molar-refractivity contribution in [3.63, 3.8) is 0 Å². The first kappa shape index (κ1) is 18.9. The molecule has 0 atom stereocenters. The van der Waals surface area contributed by atoms with Crippen LogP contribution >= 0.6 is 0 Å². The second-order valence-electron chi connectivity index (χ2n) is 8.74. The van der Waals surface area contributed by atoms with E-state index in [2.05, 4.69) is 92.3 Å². The fourth-order valence-electron chi connectivity index (χ4n) is 5.61. The molecule has 0 aliphatic rings. The van der Waals surface area contributed by atoms with Gasteiger partial charge in [0.2, 0.25) is 0 Å². The van der Waals surface area contributed by atoms with E-state index in [4.69, 9.17) is 4.98 Å². The zero-order valence-corrected chi connectivity index (χ0v) is 18.7. The molecule has 0 unspecified atom stereocenters. The molecule has 3 aromatic heterocycles. The van der Waals surface area contributed by atoms with Gasteiger partial charge in [-0.1, -0.05) is 59.7 Å². The van der Waals surface area contributed by atoms with Gasteiger partial charge in [0.05, 0.1) is 5.69 Å². The van der Waals surface area contributed by atoms with Crippen molar-refractivity contribution in [1.82, 2.24) is 19.2 Å². The van der Waals surface area contributed by atoms with Gasteiger partial charge in [-0.2, -0.15) is 0 Å². The van der Waals surface area contributed by atoms with Crippen LogP contribution in [-0.4, -0.2) is 27.4 Å². The maximum absolute atomic E-state index is 4.70. The predicted molar refractivity (Wildman–Crippen MR) is 121 cm³/mol. The smallest absolute Gasteiger partial charge is 0.169 e. The lowest BCUT2D eigenvalue weighted by atomic mass is 10.1. The fourth-order valence-corrected chi connectivity index (χ4v) is 12.2. The summed E-state index contributed by atoms with van der Waals surface area (Å²) in [6.45, 7) is 14.5. The van der Waals surface area contributed by atoms with E-state index in [1.165, 1.54) is 16.5 Å². The average Bonchev–Trinajstić information content (AvgIpc) is 3.26. The molecule has 3 heterocycles. The lowest BCUT2D eigenvalue weighted by molar-refractivity contribution is 0.773. The highest BCUT2D eigenvalue weighted by atomic mass is 28.3. The van der Waals surface area contributed by atoms with E-state index in [1.54, 1.807) is 6.33 Å². The molecule has 0 aliphatic carbocycles. The van der Waals surface area contributed by atoms with Gasteiger partial charge in [0.25, 0.3) is 0 Å². The number of para-hydroxylation sites is 1. The van der Waals surface area contributed by atoms with Crippen molar-refractivity contribution in [2.24, 2.45) is 0 Å². The first-order chi connectivity index (χ1) is 13.4. The van der Waals surface area contributed by atoms with Crippen LogP contribution in [0.2, 0.25) is 16.6 Å². The Morgan fingerprint density at radius 2 is 1.54 bits per heavy atom. The first-order valence-corrected chi connectivity index (χ1v) is 12.5. The molecule has 0 aliphatic heterocycles. The van der Waals surface area contributed by atoms with E-state index in [0.29, 0.717) is 16.6 Å². The number of hydrogen-bond donors (Lipinski definition) is 1. The highest BCUT2D eigenvalue weighted by Gasteiger charge is 2.46. The molecule has 4 nitrogen and oxygen atoms in total. The SMILES string of the molecule is CC(C)[Si](C(C)C)(C(C)C)n1cc(-c2ncnc3[nH]ccc23)c2ccccc21. The average molecular weight is 391 g/mol. The van der Waals surface area contributed by atoms with Crippen LogP contribution in [0.25, 0.3) is 33.2 Å². The van der Waals surface area contributed by atoms with E-state index >= 15 is 0 Å². The van der Waals surface area contributed by atoms with E-state index in [1.807, 2.05) is 6.20 Å². The molecule has 0 fully saturated rings. The summed E-state index contributed by atoms with van der Waals surface area (Å²) < 4.78 is 2.68. The third kappa shape index (κ3) is 2.56. The molecule has 4 rings (SSSR count). The van der Waals surface area contributed by atoms with E-state index in [0.717, 1.165) is 16.7 Å². The Morgan fingerprint density at radius 3 is 2.21 bits per heavy atom. The van der Waals surface area contributed by atoms with Gasteiger partial charge < -0.3 is 9.22 Å². The van der Waals surface area contributed by atoms with E-state index in [-0.39, 0.29) is 0 Å². The summed E-state index contributed by atoms with van der Waals surface area (Å²) in [6.07, 6.45) is 6.00. The molecule has 5 heteroatoms. The van der Waals surface area contributed by atoms with Crippen LogP contribution in [0.1, 0.15) is 41.5 Å². The minimum absolute atomic E-state index is 0.633. The van der Waals surface area contributed by atoms with Crippen LogP contribution in [0.15, 0.2) is 49.1 Å². The van der Waals surface area contributed by atoms with Crippen molar-refractivity contribution in [2.75, 3.05) is 0 Å². The molecular weight excluding hydrogens is 360 g/mol. The minimum Gasteiger partial charge on any atom is -0.373 e. The Bertz CT molecular complexity index is 1100. The minimum atomic E-state index is -1.87. The summed E-state index contributed by atoms with van der Waals surface area (Å²) in [6, 6.07) is 10.9. The second kappa shape index (κ2) is 6.89. The third-order valence-electron chi connectivity index (χ3n) is 6.51. The van der Waals surface area contributed by atoms with Crippen LogP contribution in [0.4, 0.5) is 0 Å². The van der Waals surface area contributed by atoms with Gasteiger partial charge in [-0.05, 0) is 28.8 Å². The lowest BCUT2D eigenvalue weighted by Crippen LogP contribution is -2.51. The largest absolute Gasteiger partial charge is 0.373 e. The molecule has 0 amide bonds. The fraction of sp³-hybridized carbons (Fsp3) is 0.391. The predicted octanol–water partition coefficient (Wildman–Crippen LogP) is 6.60. The lowest BCUT2D eigenvalue weighted by Gasteiger charge is -2.44. The number of nitrogens with one attached hydrogen (secondary N) is 1. The molecule has 0 spiro atoms. The van der Waals surface area contributed by atoms with Gasteiger partial charge in [-0.3, -0.25) is 0 Å². The van der Waals surface area contributed by atoms with Crippen LogP contribution in [-0.2, 0) is 0 Å². The molecule has 0 saturated heterocycles. The van der Waals surface area contributed by atoms with Crippen LogP contribution in [0.5, 0.6) is 0 Å². The second-order valence-corrected chi connectivity index (χ2v) is 14.5. The van der Waals surface area contributed by atoms with E-state index < -0.39 is 8.24 Å². The monoisotopic (exact) mass is 390 g/mol. The number of fused-ring (bicyclic) bond motifs is 2. The Balaban J connectivity index is 2.09. The zero-order chi connectivity index (χ0) is 20.1. The highest BCUT2D eigenvalue weighted by molar-refractivity contribution is 6.82. The quantitative estimate of drug-likeness (QED) is 0.390. The molecule has 1 aromatic carbocycles. The van der Waals surface area contributed by atoms with Crippen molar-refractivity contribution in [3.8, 4) is 11.3 Å². The summed E-state index contributed by atoms with van der Waals surface area (Å²) in [5, 5.41) is 2.36. The number of H-pyrrole nitrogens is 1. The van der Waals surface area contributed by atoms with Gasteiger partial charge in [0.15, 0.2) is 8.24 Å². The van der Waals surface area contributed by atoms with Crippen molar-refractivity contribution in [1.29, 1.82) is 0 Å². The maximum atomic E-state index is 4.70. The van der Waals surface area contributed by atoms with Gasteiger partial charge >= 0.3 is 0 Å². The van der Waals surface area contributed by atoms with Gasteiger partial charge in [-0.15, -0.1) is 0 Å². The Labute approximate surface area is 168 Å². The van der Waals surface area contributed by atoms with Crippen molar-refractivity contribution >= 4 is 30.2 Å². The Hall–Kier alpha value is -2.40. The normalized spacial score (nSPS) is 12.9. The van der Waals surface area contributed by atoms with Crippen LogP contribution < -0.4 is 0 Å². The molecule has 0 saturated carbocycles. The zero-order valence-electron chi connectivity index (χ0n) is 17.7. The molecule has 0 bridgehead atoms.